The predicted octanol–water partition coefficient (Wildman–Crippen LogP) is 4.40. The number of carbonyl (C=O) groups excluding carboxylic acids is 1. The molecular formula is C25H19NO5. The summed E-state index contributed by atoms with van der Waals surface area (Å²) < 4.78 is 5.87. The fraction of sp³-hybridized carbons (Fsp3) is 0.0800. The SMILES string of the molecule is Cc1ccc2oc(-c3ccc(C(=O)NCc4cccc(C(=O)O)c4)cc3)cc(=O)c2c1. The minimum Gasteiger partial charge on any atom is -0.478 e. The number of hydrogen-bond donors (Lipinski definition) is 2. The van der Waals surface area contributed by atoms with Crippen LogP contribution in [0.5, 0.6) is 0 Å². The zero-order chi connectivity index (χ0) is 22.0. The number of aryl methyl sites for hydroxylation is 1. The number of carboxylic acid groups (broad SMARTS) is 1. The van der Waals surface area contributed by atoms with Crippen molar-refractivity contribution in [3.8, 4) is 11.3 Å². The van der Waals surface area contributed by atoms with E-state index < -0.39 is 5.97 Å². The Morgan fingerprint density at radius 1 is 0.935 bits per heavy atom. The molecular weight excluding hydrogens is 394 g/mol. The van der Waals surface area contributed by atoms with Crippen molar-refractivity contribution in [1.29, 1.82) is 0 Å². The van der Waals surface area contributed by atoms with Crippen LogP contribution in [0.1, 0.15) is 31.8 Å². The van der Waals surface area contributed by atoms with Gasteiger partial charge in [0.15, 0.2) is 5.43 Å². The van der Waals surface area contributed by atoms with Crippen molar-refractivity contribution in [2.45, 2.75) is 13.5 Å². The van der Waals surface area contributed by atoms with Crippen molar-refractivity contribution in [2.24, 2.45) is 0 Å². The molecule has 0 atom stereocenters. The standard InChI is InChI=1S/C25H19NO5/c1-15-5-10-22-20(11-15)21(27)13-23(31-22)17-6-8-18(9-7-17)24(28)26-14-16-3-2-4-19(12-16)25(29)30/h2-13H,14H2,1H3,(H,26,28)(H,29,30). The molecule has 6 nitrogen and oxygen atoms in total. The molecule has 6 heteroatoms. The summed E-state index contributed by atoms with van der Waals surface area (Å²) in [5, 5.41) is 12.4. The van der Waals surface area contributed by atoms with Crippen LogP contribution in [0.4, 0.5) is 0 Å². The molecule has 31 heavy (non-hydrogen) atoms. The largest absolute Gasteiger partial charge is 0.478 e. The number of fused-ring (bicyclic) bond motifs is 1. The molecule has 0 saturated carbocycles. The molecule has 0 aliphatic rings. The number of benzene rings is 3. The second-order valence-electron chi connectivity index (χ2n) is 7.24. The molecule has 1 amide bonds. The van der Waals surface area contributed by atoms with Crippen LogP contribution >= 0.6 is 0 Å². The molecule has 3 aromatic carbocycles. The summed E-state index contributed by atoms with van der Waals surface area (Å²) >= 11 is 0. The van der Waals surface area contributed by atoms with Crippen molar-refractivity contribution < 1.29 is 19.1 Å². The quantitative estimate of drug-likeness (QED) is 0.506. The molecule has 0 unspecified atom stereocenters. The molecule has 0 aliphatic heterocycles. The molecule has 1 aromatic heterocycles. The summed E-state index contributed by atoms with van der Waals surface area (Å²) in [6.07, 6.45) is 0. The van der Waals surface area contributed by atoms with Crippen molar-refractivity contribution in [3.05, 3.63) is 105 Å². The van der Waals surface area contributed by atoms with E-state index in [0.29, 0.717) is 33.4 Å². The first kappa shape index (κ1) is 20.1. The number of hydrogen-bond acceptors (Lipinski definition) is 4. The topological polar surface area (TPSA) is 96.6 Å². The summed E-state index contributed by atoms with van der Waals surface area (Å²) in [7, 11) is 0. The van der Waals surface area contributed by atoms with E-state index in [1.165, 1.54) is 18.2 Å². The Morgan fingerprint density at radius 3 is 2.45 bits per heavy atom. The highest BCUT2D eigenvalue weighted by Crippen LogP contribution is 2.23. The van der Waals surface area contributed by atoms with Gasteiger partial charge in [-0.2, -0.15) is 0 Å². The molecule has 0 radical (unpaired) electrons. The van der Waals surface area contributed by atoms with Crippen LogP contribution < -0.4 is 10.7 Å². The average Bonchev–Trinajstić information content (AvgIpc) is 2.78. The third kappa shape index (κ3) is 4.38. The zero-order valence-electron chi connectivity index (χ0n) is 16.7. The van der Waals surface area contributed by atoms with Crippen molar-refractivity contribution in [1.82, 2.24) is 5.32 Å². The lowest BCUT2D eigenvalue weighted by Gasteiger charge is -2.08. The summed E-state index contributed by atoms with van der Waals surface area (Å²) in [6, 6.07) is 20.1. The molecule has 4 aromatic rings. The molecule has 0 spiro atoms. The van der Waals surface area contributed by atoms with Gasteiger partial charge in [0.05, 0.1) is 10.9 Å². The second-order valence-corrected chi connectivity index (χ2v) is 7.24. The van der Waals surface area contributed by atoms with E-state index in [2.05, 4.69) is 5.32 Å². The molecule has 2 N–H and O–H groups in total. The highest BCUT2D eigenvalue weighted by atomic mass is 16.4. The summed E-state index contributed by atoms with van der Waals surface area (Å²) in [5.74, 6) is -0.874. The summed E-state index contributed by atoms with van der Waals surface area (Å²) in [6.45, 7) is 2.13. The van der Waals surface area contributed by atoms with E-state index in [4.69, 9.17) is 9.52 Å². The first-order valence-corrected chi connectivity index (χ1v) is 9.66. The molecule has 0 aliphatic carbocycles. The van der Waals surface area contributed by atoms with Crippen LogP contribution in [0.15, 0.2) is 82.0 Å². The number of amides is 1. The van der Waals surface area contributed by atoms with Gasteiger partial charge in [0, 0.05) is 23.7 Å². The van der Waals surface area contributed by atoms with Gasteiger partial charge in [-0.1, -0.05) is 35.9 Å². The molecule has 1 heterocycles. The van der Waals surface area contributed by atoms with E-state index >= 15 is 0 Å². The second kappa shape index (κ2) is 8.28. The lowest BCUT2D eigenvalue weighted by molar-refractivity contribution is 0.0696. The van der Waals surface area contributed by atoms with Gasteiger partial charge in [0.25, 0.3) is 5.91 Å². The Morgan fingerprint density at radius 2 is 1.71 bits per heavy atom. The van der Waals surface area contributed by atoms with E-state index in [1.54, 1.807) is 48.5 Å². The van der Waals surface area contributed by atoms with Crippen molar-refractivity contribution in [2.75, 3.05) is 0 Å². The van der Waals surface area contributed by atoms with Crippen molar-refractivity contribution in [3.63, 3.8) is 0 Å². The number of carboxylic acids is 1. The van der Waals surface area contributed by atoms with Crippen LogP contribution in [0, 0.1) is 6.92 Å². The van der Waals surface area contributed by atoms with Gasteiger partial charge in [0.2, 0.25) is 0 Å². The Labute approximate surface area is 177 Å². The highest BCUT2D eigenvalue weighted by Gasteiger charge is 2.10. The molecule has 154 valence electrons. The number of nitrogens with one attached hydrogen (secondary N) is 1. The third-order valence-corrected chi connectivity index (χ3v) is 4.94. The normalized spacial score (nSPS) is 10.7. The van der Waals surface area contributed by atoms with Gasteiger partial charge >= 0.3 is 5.97 Å². The van der Waals surface area contributed by atoms with E-state index in [0.717, 1.165) is 5.56 Å². The van der Waals surface area contributed by atoms with Gasteiger partial charge < -0.3 is 14.8 Å². The minimum atomic E-state index is -1.01. The van der Waals surface area contributed by atoms with Crippen LogP contribution in [-0.4, -0.2) is 17.0 Å². The van der Waals surface area contributed by atoms with E-state index in [9.17, 15) is 14.4 Å². The van der Waals surface area contributed by atoms with Crippen LogP contribution in [0.3, 0.4) is 0 Å². The molecule has 4 rings (SSSR count). The van der Waals surface area contributed by atoms with E-state index in [1.807, 2.05) is 13.0 Å². The Balaban J connectivity index is 1.50. The van der Waals surface area contributed by atoms with Crippen molar-refractivity contribution >= 4 is 22.8 Å². The first-order chi connectivity index (χ1) is 14.9. The summed E-state index contributed by atoms with van der Waals surface area (Å²) in [5.41, 5.74) is 3.37. The Kier molecular flexibility index (Phi) is 5.37. The average molecular weight is 413 g/mol. The van der Waals surface area contributed by atoms with Gasteiger partial charge in [-0.3, -0.25) is 9.59 Å². The van der Waals surface area contributed by atoms with Gasteiger partial charge in [-0.25, -0.2) is 4.79 Å². The molecule has 0 saturated heterocycles. The third-order valence-electron chi connectivity index (χ3n) is 4.94. The summed E-state index contributed by atoms with van der Waals surface area (Å²) in [4.78, 5) is 35.9. The maximum Gasteiger partial charge on any atom is 0.335 e. The zero-order valence-corrected chi connectivity index (χ0v) is 16.7. The van der Waals surface area contributed by atoms with E-state index in [-0.39, 0.29) is 23.4 Å². The number of aromatic carboxylic acids is 1. The van der Waals surface area contributed by atoms with Crippen LogP contribution in [-0.2, 0) is 6.54 Å². The maximum atomic E-state index is 12.4. The highest BCUT2D eigenvalue weighted by molar-refractivity contribution is 5.94. The lowest BCUT2D eigenvalue weighted by Crippen LogP contribution is -2.22. The smallest absolute Gasteiger partial charge is 0.335 e. The Bertz CT molecular complexity index is 1350. The Hall–Kier alpha value is -4.19. The van der Waals surface area contributed by atoms with Crippen LogP contribution in [0.25, 0.3) is 22.3 Å². The van der Waals surface area contributed by atoms with Gasteiger partial charge in [0.1, 0.15) is 11.3 Å². The molecule has 0 fully saturated rings. The minimum absolute atomic E-state index is 0.120. The first-order valence-electron chi connectivity index (χ1n) is 9.66. The predicted molar refractivity (Wildman–Crippen MR) is 117 cm³/mol. The monoisotopic (exact) mass is 413 g/mol. The van der Waals surface area contributed by atoms with Crippen LogP contribution in [0.2, 0.25) is 0 Å². The fourth-order valence-corrected chi connectivity index (χ4v) is 3.30. The maximum absolute atomic E-state index is 12.4. The van der Waals surface area contributed by atoms with Gasteiger partial charge in [-0.15, -0.1) is 0 Å². The number of carbonyl (C=O) groups is 2. The van der Waals surface area contributed by atoms with Gasteiger partial charge in [-0.05, 0) is 48.9 Å². The fourth-order valence-electron chi connectivity index (χ4n) is 3.30. The lowest BCUT2D eigenvalue weighted by atomic mass is 10.1. The number of rotatable bonds is 5. The molecule has 0 bridgehead atoms.